The van der Waals surface area contributed by atoms with E-state index in [-0.39, 0.29) is 18.5 Å². The summed E-state index contributed by atoms with van der Waals surface area (Å²) in [7, 11) is 0. The minimum absolute atomic E-state index is 0.110. The highest BCUT2D eigenvalue weighted by atomic mass is 16.5. The molecule has 31 heavy (non-hydrogen) atoms. The number of amides is 3. The maximum Gasteiger partial charge on any atom is 0.319 e. The van der Waals surface area contributed by atoms with Crippen molar-refractivity contribution in [2.75, 3.05) is 43.4 Å². The average molecular weight is 425 g/mol. The summed E-state index contributed by atoms with van der Waals surface area (Å²) in [5, 5.41) is 8.58. The van der Waals surface area contributed by atoms with Crippen molar-refractivity contribution >= 4 is 23.3 Å². The third-order valence-corrected chi connectivity index (χ3v) is 5.32. The Morgan fingerprint density at radius 1 is 1.00 bits per heavy atom. The minimum atomic E-state index is -0.243. The summed E-state index contributed by atoms with van der Waals surface area (Å²) in [5.74, 6) is 0.799. The Labute approximate surface area is 184 Å². The van der Waals surface area contributed by atoms with Crippen LogP contribution in [0.3, 0.4) is 0 Å². The molecule has 0 bridgehead atoms. The molecule has 2 aromatic carbocycles. The van der Waals surface area contributed by atoms with Gasteiger partial charge in [-0.25, -0.2) is 4.79 Å². The van der Waals surface area contributed by atoms with Crippen molar-refractivity contribution in [3.63, 3.8) is 0 Å². The number of anilines is 2. The molecule has 1 aliphatic rings. The van der Waals surface area contributed by atoms with Crippen molar-refractivity contribution in [1.82, 2.24) is 10.2 Å². The van der Waals surface area contributed by atoms with E-state index in [4.69, 9.17) is 4.74 Å². The normalized spacial score (nSPS) is 14.6. The number of urea groups is 1. The highest BCUT2D eigenvalue weighted by molar-refractivity contribution is 5.92. The fourth-order valence-electron chi connectivity index (χ4n) is 3.67. The summed E-state index contributed by atoms with van der Waals surface area (Å²) < 4.78 is 5.56. The van der Waals surface area contributed by atoms with Crippen molar-refractivity contribution in [2.45, 2.75) is 26.2 Å². The summed E-state index contributed by atoms with van der Waals surface area (Å²) in [6.07, 6.45) is 3.43. The molecule has 0 aromatic heterocycles. The lowest BCUT2D eigenvalue weighted by molar-refractivity contribution is -0.118. The van der Waals surface area contributed by atoms with E-state index in [1.807, 2.05) is 30.3 Å². The Kier molecular flexibility index (Phi) is 8.72. The van der Waals surface area contributed by atoms with Crippen LogP contribution in [0.5, 0.6) is 5.75 Å². The number of nitrogens with one attached hydrogen (secondary N) is 3. The molecule has 7 heteroatoms. The smallest absolute Gasteiger partial charge is 0.319 e. The highest BCUT2D eigenvalue weighted by Gasteiger charge is 2.19. The maximum atomic E-state index is 12.3. The number of carbonyl (C=O) groups is 2. The van der Waals surface area contributed by atoms with Gasteiger partial charge in [0.1, 0.15) is 5.75 Å². The third-order valence-electron chi connectivity index (χ3n) is 5.32. The predicted molar refractivity (Wildman–Crippen MR) is 123 cm³/mol. The average Bonchev–Trinajstić information content (AvgIpc) is 2.78. The van der Waals surface area contributed by atoms with Gasteiger partial charge in [0.15, 0.2) is 6.61 Å². The van der Waals surface area contributed by atoms with Gasteiger partial charge >= 0.3 is 6.03 Å². The molecule has 7 nitrogen and oxygen atoms in total. The van der Waals surface area contributed by atoms with Gasteiger partial charge in [-0.1, -0.05) is 31.2 Å². The molecule has 3 N–H and O–H groups in total. The molecule has 0 unspecified atom stereocenters. The van der Waals surface area contributed by atoms with E-state index in [9.17, 15) is 9.59 Å². The van der Waals surface area contributed by atoms with Crippen LogP contribution in [-0.4, -0.2) is 49.6 Å². The number of likely N-dealkylation sites (tertiary alicyclic amines) is 1. The maximum absolute atomic E-state index is 12.3. The van der Waals surface area contributed by atoms with E-state index in [0.29, 0.717) is 23.9 Å². The Balaban J connectivity index is 1.38. The molecule has 3 amide bonds. The molecule has 0 radical (unpaired) electrons. The number of hydrogen-bond donors (Lipinski definition) is 3. The largest absolute Gasteiger partial charge is 0.484 e. The van der Waals surface area contributed by atoms with Gasteiger partial charge in [0.05, 0.1) is 0 Å². The molecule has 166 valence electrons. The number of ether oxygens (including phenoxy) is 1. The fraction of sp³-hybridized carbons (Fsp3) is 0.417. The molecule has 0 saturated carbocycles. The van der Waals surface area contributed by atoms with E-state index in [1.165, 1.54) is 6.42 Å². The molecular weight excluding hydrogens is 392 g/mol. The second kappa shape index (κ2) is 12.0. The van der Waals surface area contributed by atoms with Gasteiger partial charge in [-0.3, -0.25) is 4.79 Å². The van der Waals surface area contributed by atoms with Crippen LogP contribution in [0.2, 0.25) is 0 Å². The van der Waals surface area contributed by atoms with E-state index in [1.54, 1.807) is 24.3 Å². The van der Waals surface area contributed by atoms with Crippen LogP contribution >= 0.6 is 0 Å². The Bertz CT molecular complexity index is 836. The topological polar surface area (TPSA) is 82.7 Å². The third kappa shape index (κ3) is 7.94. The quantitative estimate of drug-likeness (QED) is 0.569. The number of para-hydroxylation sites is 1. The molecule has 1 fully saturated rings. The number of rotatable bonds is 9. The van der Waals surface area contributed by atoms with E-state index < -0.39 is 0 Å². The van der Waals surface area contributed by atoms with Crippen LogP contribution < -0.4 is 20.7 Å². The molecular formula is C24H32N4O3. The highest BCUT2D eigenvalue weighted by Crippen LogP contribution is 2.18. The fourth-order valence-corrected chi connectivity index (χ4v) is 3.67. The summed E-state index contributed by atoms with van der Waals surface area (Å²) in [6.45, 7) is 6.16. The van der Waals surface area contributed by atoms with E-state index in [2.05, 4.69) is 27.8 Å². The lowest BCUT2D eigenvalue weighted by Gasteiger charge is -2.31. The van der Waals surface area contributed by atoms with Gasteiger partial charge in [0.2, 0.25) is 0 Å². The second-order valence-corrected chi connectivity index (χ2v) is 7.85. The number of nitrogens with zero attached hydrogens (tertiary/aromatic N) is 1. The molecule has 3 rings (SSSR count). The molecule has 2 aromatic rings. The number of benzene rings is 2. The Morgan fingerprint density at radius 2 is 1.74 bits per heavy atom. The number of carbonyl (C=O) groups excluding carboxylic acids is 2. The van der Waals surface area contributed by atoms with Crippen LogP contribution in [0.4, 0.5) is 16.2 Å². The van der Waals surface area contributed by atoms with Crippen molar-refractivity contribution in [1.29, 1.82) is 0 Å². The van der Waals surface area contributed by atoms with Crippen LogP contribution in [0, 0.1) is 5.92 Å². The Hall–Kier alpha value is -3.06. The molecule has 0 atom stereocenters. The number of piperidine rings is 1. The van der Waals surface area contributed by atoms with Gasteiger partial charge in [0.25, 0.3) is 5.91 Å². The zero-order valence-electron chi connectivity index (χ0n) is 18.1. The summed E-state index contributed by atoms with van der Waals surface area (Å²) in [6, 6.07) is 16.0. The lowest BCUT2D eigenvalue weighted by atomic mass is 9.97. The second-order valence-electron chi connectivity index (χ2n) is 7.85. The first kappa shape index (κ1) is 22.6. The monoisotopic (exact) mass is 424 g/mol. The van der Waals surface area contributed by atoms with E-state index in [0.717, 1.165) is 38.2 Å². The standard InChI is InChI=1S/C24H32N4O3/c1-2-13-28-14-11-19(12-15-28)17-25-24(30)27-21-9-6-10-22(16-21)31-18-23(29)26-20-7-4-3-5-8-20/h3-10,16,19H,2,11-15,17-18H2,1H3,(H,26,29)(H2,25,27,30). The predicted octanol–water partition coefficient (Wildman–Crippen LogP) is 3.95. The zero-order valence-corrected chi connectivity index (χ0v) is 18.1. The van der Waals surface area contributed by atoms with Crippen molar-refractivity contribution < 1.29 is 14.3 Å². The molecule has 1 aliphatic heterocycles. The van der Waals surface area contributed by atoms with E-state index >= 15 is 0 Å². The van der Waals surface area contributed by atoms with Crippen molar-refractivity contribution in [3.05, 3.63) is 54.6 Å². The zero-order chi connectivity index (χ0) is 21.9. The van der Waals surface area contributed by atoms with Crippen molar-refractivity contribution in [2.24, 2.45) is 5.92 Å². The van der Waals surface area contributed by atoms with Gasteiger partial charge in [-0.15, -0.1) is 0 Å². The van der Waals surface area contributed by atoms with Crippen LogP contribution in [-0.2, 0) is 4.79 Å². The molecule has 1 heterocycles. The lowest BCUT2D eigenvalue weighted by Crippen LogP contribution is -2.40. The SMILES string of the molecule is CCCN1CCC(CNC(=O)Nc2cccc(OCC(=O)Nc3ccccc3)c2)CC1. The molecule has 0 aliphatic carbocycles. The summed E-state index contributed by atoms with van der Waals surface area (Å²) in [5.41, 5.74) is 1.34. The first-order valence-corrected chi connectivity index (χ1v) is 11.0. The van der Waals surface area contributed by atoms with Crippen LogP contribution in [0.1, 0.15) is 26.2 Å². The van der Waals surface area contributed by atoms with Gasteiger partial charge in [0, 0.05) is 24.0 Å². The first-order chi connectivity index (χ1) is 15.1. The number of hydrogen-bond acceptors (Lipinski definition) is 4. The molecule has 1 saturated heterocycles. The van der Waals surface area contributed by atoms with Crippen LogP contribution in [0.15, 0.2) is 54.6 Å². The van der Waals surface area contributed by atoms with Gasteiger partial charge in [-0.2, -0.15) is 0 Å². The minimum Gasteiger partial charge on any atom is -0.484 e. The summed E-state index contributed by atoms with van der Waals surface area (Å²) in [4.78, 5) is 26.8. The van der Waals surface area contributed by atoms with Gasteiger partial charge < -0.3 is 25.6 Å². The first-order valence-electron chi connectivity index (χ1n) is 11.0. The van der Waals surface area contributed by atoms with Gasteiger partial charge in [-0.05, 0) is 69.1 Å². The van der Waals surface area contributed by atoms with Crippen molar-refractivity contribution in [3.8, 4) is 5.75 Å². The van der Waals surface area contributed by atoms with Crippen LogP contribution in [0.25, 0.3) is 0 Å². The molecule has 0 spiro atoms. The Morgan fingerprint density at radius 3 is 2.48 bits per heavy atom. The summed E-state index contributed by atoms with van der Waals surface area (Å²) >= 11 is 0.